The zero-order chi connectivity index (χ0) is 29.1. The maximum Gasteiger partial charge on any atom is 0.340 e. The first-order valence-corrected chi connectivity index (χ1v) is 12.4. The lowest BCUT2D eigenvalue weighted by atomic mass is 10.2. The molecule has 2 N–H and O–H groups in total. The summed E-state index contributed by atoms with van der Waals surface area (Å²) in [4.78, 5) is 28.8. The van der Waals surface area contributed by atoms with E-state index in [9.17, 15) is 19.8 Å². The highest BCUT2D eigenvalue weighted by molar-refractivity contribution is 5.95. The van der Waals surface area contributed by atoms with Gasteiger partial charge in [0, 0.05) is 25.2 Å². The number of phenols is 2. The van der Waals surface area contributed by atoms with Crippen molar-refractivity contribution in [1.29, 1.82) is 0 Å². The van der Waals surface area contributed by atoms with Gasteiger partial charge < -0.3 is 29.5 Å². The normalized spacial score (nSPS) is 11.6. The fraction of sp³-hybridized carbons (Fsp3) is 0.286. The van der Waals surface area contributed by atoms with E-state index < -0.39 is 11.9 Å². The van der Waals surface area contributed by atoms with Gasteiger partial charge >= 0.3 is 11.9 Å². The third kappa shape index (κ3) is 8.68. The van der Waals surface area contributed by atoms with Gasteiger partial charge in [-0.1, -0.05) is 24.3 Å². The van der Waals surface area contributed by atoms with Crippen LogP contribution in [-0.4, -0.2) is 86.4 Å². The van der Waals surface area contributed by atoms with Gasteiger partial charge in [0.15, 0.2) is 0 Å². The van der Waals surface area contributed by atoms with Gasteiger partial charge in [-0.05, 0) is 52.5 Å². The molecule has 0 amide bonds. The summed E-state index contributed by atoms with van der Waals surface area (Å²) in [5.74, 6) is -1.84. The summed E-state index contributed by atoms with van der Waals surface area (Å²) in [7, 11) is 7.48. The molecule has 12 heteroatoms. The molecule has 0 bridgehead atoms. The van der Waals surface area contributed by atoms with Gasteiger partial charge in [-0.2, -0.15) is 0 Å². The minimum absolute atomic E-state index is 0.0288. The number of esters is 2. The molecule has 12 nitrogen and oxygen atoms in total. The molecule has 0 spiro atoms. The van der Waals surface area contributed by atoms with Crippen molar-refractivity contribution < 1.29 is 29.3 Å². The first kappa shape index (κ1) is 29.9. The summed E-state index contributed by atoms with van der Waals surface area (Å²) in [5, 5.41) is 36.9. The molecule has 0 unspecified atom stereocenters. The van der Waals surface area contributed by atoms with Gasteiger partial charge in [0.25, 0.3) is 0 Å². The summed E-state index contributed by atoms with van der Waals surface area (Å²) in [6.07, 6.45) is 0. The van der Waals surface area contributed by atoms with Gasteiger partial charge in [0.1, 0.15) is 47.5 Å². The van der Waals surface area contributed by atoms with E-state index in [0.717, 1.165) is 6.07 Å². The lowest BCUT2D eigenvalue weighted by Crippen LogP contribution is -2.20. The molecule has 3 aromatic carbocycles. The maximum atomic E-state index is 12.5. The van der Waals surface area contributed by atoms with Crippen molar-refractivity contribution in [2.45, 2.75) is 0 Å². The van der Waals surface area contributed by atoms with E-state index in [4.69, 9.17) is 9.47 Å². The average Bonchev–Trinajstić information content (AvgIpc) is 2.92. The van der Waals surface area contributed by atoms with Crippen molar-refractivity contribution in [1.82, 2.24) is 9.80 Å². The second kappa shape index (κ2) is 14.5. The number of rotatable bonds is 12. The number of phenolic OH excluding ortho intramolecular Hbond substituents is 2. The first-order chi connectivity index (χ1) is 19.2. The smallest absolute Gasteiger partial charge is 0.340 e. The van der Waals surface area contributed by atoms with Gasteiger partial charge in [0.05, 0.1) is 11.1 Å². The Morgan fingerprint density at radius 1 is 0.625 bits per heavy atom. The van der Waals surface area contributed by atoms with E-state index in [1.165, 1.54) is 6.07 Å². The van der Waals surface area contributed by atoms with Crippen LogP contribution in [0.25, 0.3) is 0 Å². The average molecular weight is 549 g/mol. The van der Waals surface area contributed by atoms with Crippen LogP contribution in [0.15, 0.2) is 81.1 Å². The van der Waals surface area contributed by atoms with Crippen LogP contribution in [0.2, 0.25) is 0 Å². The number of carbonyl (C=O) groups is 2. The van der Waals surface area contributed by atoms with Crippen LogP contribution < -0.4 is 0 Å². The number of hydrogen-bond donors (Lipinski definition) is 2. The molecule has 0 saturated carbocycles. The Kier molecular flexibility index (Phi) is 10.8. The number of hydrogen-bond acceptors (Lipinski definition) is 12. The largest absolute Gasteiger partial charge is 0.505 e. The zero-order valence-electron chi connectivity index (χ0n) is 22.8. The summed E-state index contributed by atoms with van der Waals surface area (Å²) in [6.45, 7) is 1.55. The van der Waals surface area contributed by atoms with Gasteiger partial charge in [-0.15, -0.1) is 20.5 Å². The number of ether oxygens (including phenoxy) is 2. The predicted molar refractivity (Wildman–Crippen MR) is 149 cm³/mol. The second-order valence-corrected chi connectivity index (χ2v) is 9.14. The minimum atomic E-state index is -0.556. The highest BCUT2D eigenvalue weighted by Crippen LogP contribution is 2.40. The molecular weight excluding hydrogens is 516 g/mol. The highest BCUT2D eigenvalue weighted by Gasteiger charge is 2.15. The summed E-state index contributed by atoms with van der Waals surface area (Å²) < 4.78 is 10.6. The minimum Gasteiger partial charge on any atom is -0.505 e. The molecule has 0 atom stereocenters. The zero-order valence-corrected chi connectivity index (χ0v) is 22.8. The number of likely N-dealkylation sites (N-methyl/N-ethyl adjacent to an activating group) is 2. The number of carbonyl (C=O) groups excluding carboxylic acids is 2. The quantitative estimate of drug-likeness (QED) is 0.227. The van der Waals surface area contributed by atoms with Gasteiger partial charge in [-0.3, -0.25) is 0 Å². The molecule has 0 heterocycles. The summed E-state index contributed by atoms with van der Waals surface area (Å²) in [5.41, 5.74) is 0.816. The monoisotopic (exact) mass is 548 g/mol. The Morgan fingerprint density at radius 3 is 1.40 bits per heavy atom. The second-order valence-electron chi connectivity index (χ2n) is 9.14. The van der Waals surface area contributed by atoms with Crippen LogP contribution in [0.5, 0.6) is 11.5 Å². The van der Waals surface area contributed by atoms with E-state index in [0.29, 0.717) is 13.1 Å². The van der Waals surface area contributed by atoms with Crippen LogP contribution in [0.3, 0.4) is 0 Å². The lowest BCUT2D eigenvalue weighted by Gasteiger charge is -2.10. The molecule has 0 radical (unpaired) electrons. The Balaban J connectivity index is 1.82. The fourth-order valence-corrected chi connectivity index (χ4v) is 3.19. The van der Waals surface area contributed by atoms with Crippen molar-refractivity contribution in [3.8, 4) is 11.5 Å². The number of azo groups is 2. The Bertz CT molecular complexity index is 1290. The third-order valence-corrected chi connectivity index (χ3v) is 5.39. The van der Waals surface area contributed by atoms with E-state index >= 15 is 0 Å². The van der Waals surface area contributed by atoms with Crippen molar-refractivity contribution in [3.63, 3.8) is 0 Å². The molecule has 0 saturated heterocycles. The first-order valence-electron chi connectivity index (χ1n) is 12.4. The number of nitrogens with zero attached hydrogens (tertiary/aromatic N) is 6. The summed E-state index contributed by atoms with van der Waals surface area (Å²) in [6, 6.07) is 15.3. The van der Waals surface area contributed by atoms with Crippen LogP contribution in [0.1, 0.15) is 20.7 Å². The molecule has 3 rings (SSSR count). The van der Waals surface area contributed by atoms with Crippen molar-refractivity contribution >= 4 is 34.7 Å². The molecule has 0 aliphatic heterocycles. The molecule has 40 heavy (non-hydrogen) atoms. The standard InChI is InChI=1S/C28H32N6O6/c1-33(2)13-15-39-27(37)19-9-5-7-11-21(19)29-31-23-17-24(26(36)18-25(23)35)32-30-22-12-8-6-10-20(22)28(38)40-16-14-34(3)4/h5-12,17-18,35-36H,13-16H2,1-4H3. The Hall–Kier alpha value is -4.68. The van der Waals surface area contributed by atoms with Crippen molar-refractivity contribution in [3.05, 3.63) is 71.8 Å². The Morgan fingerprint density at radius 2 is 1.00 bits per heavy atom. The topological polar surface area (TPSA) is 149 Å². The molecular formula is C28H32N6O6. The van der Waals surface area contributed by atoms with Crippen LogP contribution in [0, 0.1) is 0 Å². The molecule has 0 aliphatic rings. The predicted octanol–water partition coefficient (Wildman–Crippen LogP) is 5.37. The van der Waals surface area contributed by atoms with Gasteiger partial charge in [-0.25, -0.2) is 9.59 Å². The summed E-state index contributed by atoms with van der Waals surface area (Å²) >= 11 is 0. The molecule has 0 fully saturated rings. The lowest BCUT2D eigenvalue weighted by molar-refractivity contribution is 0.0473. The molecule has 0 aliphatic carbocycles. The van der Waals surface area contributed by atoms with Crippen LogP contribution >= 0.6 is 0 Å². The number of aromatic hydroxyl groups is 2. The molecule has 3 aromatic rings. The third-order valence-electron chi connectivity index (χ3n) is 5.39. The van der Waals surface area contributed by atoms with E-state index in [-0.39, 0.29) is 58.6 Å². The number of benzene rings is 3. The highest BCUT2D eigenvalue weighted by atomic mass is 16.5. The van der Waals surface area contributed by atoms with E-state index in [2.05, 4.69) is 20.5 Å². The van der Waals surface area contributed by atoms with E-state index in [1.807, 2.05) is 38.0 Å². The van der Waals surface area contributed by atoms with Crippen molar-refractivity contribution in [2.75, 3.05) is 54.5 Å². The Labute approximate surface area is 232 Å². The molecule has 0 aromatic heterocycles. The SMILES string of the molecule is CN(C)CCOC(=O)c1ccccc1N=Nc1cc(N=Nc2ccccc2C(=O)OCCN(C)C)c(O)cc1O. The van der Waals surface area contributed by atoms with Crippen molar-refractivity contribution in [2.24, 2.45) is 20.5 Å². The maximum absolute atomic E-state index is 12.5. The molecule has 210 valence electrons. The van der Waals surface area contributed by atoms with Gasteiger partial charge in [0.2, 0.25) is 0 Å². The van der Waals surface area contributed by atoms with Crippen LogP contribution in [-0.2, 0) is 9.47 Å². The van der Waals surface area contributed by atoms with Crippen LogP contribution in [0.4, 0.5) is 22.7 Å². The fourth-order valence-electron chi connectivity index (χ4n) is 3.19. The van der Waals surface area contributed by atoms with E-state index in [1.54, 1.807) is 48.5 Å².